The number of esters is 3. The molecule has 0 radical (unpaired) electrons. The van der Waals surface area contributed by atoms with E-state index in [1.54, 1.807) is 13.8 Å². The topological polar surface area (TPSA) is 69.7 Å². The van der Waals surface area contributed by atoms with Gasteiger partial charge in [-0.3, -0.25) is 4.79 Å². The molecule has 96 valence electrons. The van der Waals surface area contributed by atoms with Crippen molar-refractivity contribution in [3.63, 3.8) is 0 Å². The molecule has 0 bridgehead atoms. The van der Waals surface area contributed by atoms with Crippen molar-refractivity contribution < 1.29 is 23.9 Å². The number of carbonyl (C=O) groups is 3. The van der Waals surface area contributed by atoms with Crippen molar-refractivity contribution in [2.75, 3.05) is 7.11 Å². The normalized spacial score (nSPS) is 10.0. The minimum atomic E-state index is -0.778. The van der Waals surface area contributed by atoms with Crippen molar-refractivity contribution in [1.29, 1.82) is 0 Å². The summed E-state index contributed by atoms with van der Waals surface area (Å²) in [5, 5.41) is 0. The highest BCUT2D eigenvalue weighted by atomic mass is 16.6. The molecule has 0 aliphatic rings. The molecule has 1 aromatic rings. The average Bonchev–Trinajstić information content (AvgIpc) is 2.37. The van der Waals surface area contributed by atoms with Crippen molar-refractivity contribution >= 4 is 17.9 Å². The lowest BCUT2D eigenvalue weighted by molar-refractivity contribution is -0.141. The number of hydrogen-bond acceptors (Lipinski definition) is 5. The standard InChI is InChI=1S/C13H14O5/c1-8(2)11(14)18-13(16)10-6-4-5-9(7-10)12(15)17-3/h4-8H,1-3H3. The molecular weight excluding hydrogens is 236 g/mol. The van der Waals surface area contributed by atoms with E-state index in [2.05, 4.69) is 9.47 Å². The van der Waals surface area contributed by atoms with E-state index in [0.717, 1.165) is 0 Å². The summed E-state index contributed by atoms with van der Waals surface area (Å²) in [7, 11) is 1.25. The predicted molar refractivity (Wildman–Crippen MR) is 63.0 cm³/mol. The molecule has 0 heterocycles. The van der Waals surface area contributed by atoms with Gasteiger partial charge in [-0.2, -0.15) is 0 Å². The first-order valence-corrected chi connectivity index (χ1v) is 5.40. The van der Waals surface area contributed by atoms with Crippen LogP contribution in [0.5, 0.6) is 0 Å². The lowest BCUT2D eigenvalue weighted by Gasteiger charge is -2.06. The third-order valence-electron chi connectivity index (χ3n) is 2.18. The van der Waals surface area contributed by atoms with Crippen LogP contribution in [0.4, 0.5) is 0 Å². The van der Waals surface area contributed by atoms with Gasteiger partial charge in [-0.25, -0.2) is 9.59 Å². The maximum Gasteiger partial charge on any atom is 0.345 e. The van der Waals surface area contributed by atoms with E-state index >= 15 is 0 Å². The van der Waals surface area contributed by atoms with Crippen LogP contribution >= 0.6 is 0 Å². The van der Waals surface area contributed by atoms with Crippen LogP contribution in [0.15, 0.2) is 24.3 Å². The molecule has 0 saturated heterocycles. The zero-order chi connectivity index (χ0) is 13.7. The Balaban J connectivity index is 2.87. The van der Waals surface area contributed by atoms with Gasteiger partial charge in [-0.05, 0) is 18.2 Å². The van der Waals surface area contributed by atoms with Crippen molar-refractivity contribution in [1.82, 2.24) is 0 Å². The average molecular weight is 250 g/mol. The number of rotatable bonds is 3. The van der Waals surface area contributed by atoms with Crippen LogP contribution < -0.4 is 0 Å². The molecule has 0 spiro atoms. The van der Waals surface area contributed by atoms with E-state index in [0.29, 0.717) is 0 Å². The third kappa shape index (κ3) is 3.41. The molecule has 0 saturated carbocycles. The maximum atomic E-state index is 11.6. The molecule has 5 heteroatoms. The van der Waals surface area contributed by atoms with Gasteiger partial charge in [0, 0.05) is 0 Å². The Morgan fingerprint density at radius 3 is 2.11 bits per heavy atom. The molecule has 0 unspecified atom stereocenters. The molecular formula is C13H14O5. The number of methoxy groups -OCH3 is 1. The lowest BCUT2D eigenvalue weighted by atomic mass is 10.1. The van der Waals surface area contributed by atoms with Crippen LogP contribution in [0.25, 0.3) is 0 Å². The Morgan fingerprint density at radius 2 is 1.61 bits per heavy atom. The Hall–Kier alpha value is -2.17. The molecule has 0 fully saturated rings. The van der Waals surface area contributed by atoms with Gasteiger partial charge in [-0.1, -0.05) is 19.9 Å². The van der Waals surface area contributed by atoms with Crippen molar-refractivity contribution in [3.8, 4) is 0 Å². The van der Waals surface area contributed by atoms with Gasteiger partial charge >= 0.3 is 17.9 Å². The summed E-state index contributed by atoms with van der Waals surface area (Å²) >= 11 is 0. The summed E-state index contributed by atoms with van der Waals surface area (Å²) in [5.74, 6) is -2.33. The van der Waals surface area contributed by atoms with E-state index in [4.69, 9.17) is 0 Å². The highest BCUT2D eigenvalue weighted by molar-refractivity contribution is 5.99. The summed E-state index contributed by atoms with van der Waals surface area (Å²) in [6.07, 6.45) is 0. The molecule has 1 rings (SSSR count). The number of carbonyl (C=O) groups excluding carboxylic acids is 3. The molecule has 18 heavy (non-hydrogen) atoms. The van der Waals surface area contributed by atoms with Crippen molar-refractivity contribution in [2.24, 2.45) is 5.92 Å². The predicted octanol–water partition coefficient (Wildman–Crippen LogP) is 1.81. The van der Waals surface area contributed by atoms with Gasteiger partial charge in [0.1, 0.15) is 0 Å². The van der Waals surface area contributed by atoms with Gasteiger partial charge in [0.05, 0.1) is 24.2 Å². The summed E-state index contributed by atoms with van der Waals surface area (Å²) in [5.41, 5.74) is 0.357. The second-order valence-electron chi connectivity index (χ2n) is 3.94. The second-order valence-corrected chi connectivity index (χ2v) is 3.94. The first kappa shape index (κ1) is 13.9. The largest absolute Gasteiger partial charge is 0.465 e. The zero-order valence-corrected chi connectivity index (χ0v) is 10.4. The van der Waals surface area contributed by atoms with Crippen LogP contribution in [0, 0.1) is 5.92 Å². The molecule has 1 aromatic carbocycles. The first-order valence-electron chi connectivity index (χ1n) is 5.40. The van der Waals surface area contributed by atoms with Crippen LogP contribution in [0.2, 0.25) is 0 Å². The van der Waals surface area contributed by atoms with Crippen LogP contribution in [0.3, 0.4) is 0 Å². The van der Waals surface area contributed by atoms with E-state index in [1.165, 1.54) is 31.4 Å². The van der Waals surface area contributed by atoms with E-state index < -0.39 is 23.8 Å². The quantitative estimate of drug-likeness (QED) is 0.604. The third-order valence-corrected chi connectivity index (χ3v) is 2.18. The number of hydrogen-bond donors (Lipinski definition) is 0. The number of benzene rings is 1. The lowest BCUT2D eigenvalue weighted by Crippen LogP contribution is -2.17. The van der Waals surface area contributed by atoms with Crippen LogP contribution in [-0.2, 0) is 14.3 Å². The molecule has 0 atom stereocenters. The van der Waals surface area contributed by atoms with Gasteiger partial charge in [0.25, 0.3) is 0 Å². The molecule has 0 amide bonds. The first-order chi connectivity index (χ1) is 8.45. The second kappa shape index (κ2) is 5.95. The Labute approximate surface area is 105 Å². The summed E-state index contributed by atoms with van der Waals surface area (Å²) in [6.45, 7) is 3.25. The fraction of sp³-hybridized carbons (Fsp3) is 0.308. The summed E-state index contributed by atoms with van der Waals surface area (Å²) < 4.78 is 9.17. The fourth-order valence-corrected chi connectivity index (χ4v) is 1.16. The molecule has 0 aromatic heterocycles. The van der Waals surface area contributed by atoms with E-state index in [9.17, 15) is 14.4 Å². The molecule has 0 aliphatic carbocycles. The van der Waals surface area contributed by atoms with Crippen LogP contribution in [0.1, 0.15) is 34.6 Å². The maximum absolute atomic E-state index is 11.6. The summed E-state index contributed by atoms with van der Waals surface area (Å²) in [4.78, 5) is 34.2. The summed E-state index contributed by atoms with van der Waals surface area (Å²) in [6, 6.07) is 5.81. The van der Waals surface area contributed by atoms with E-state index in [-0.39, 0.29) is 11.1 Å². The van der Waals surface area contributed by atoms with Crippen molar-refractivity contribution in [2.45, 2.75) is 13.8 Å². The molecule has 5 nitrogen and oxygen atoms in total. The van der Waals surface area contributed by atoms with Gasteiger partial charge in [-0.15, -0.1) is 0 Å². The fourth-order valence-electron chi connectivity index (χ4n) is 1.16. The highest BCUT2D eigenvalue weighted by Gasteiger charge is 2.17. The number of ether oxygens (including phenoxy) is 2. The van der Waals surface area contributed by atoms with Gasteiger partial charge in [0.15, 0.2) is 0 Å². The monoisotopic (exact) mass is 250 g/mol. The Bertz CT molecular complexity index is 476. The zero-order valence-electron chi connectivity index (χ0n) is 10.4. The van der Waals surface area contributed by atoms with E-state index in [1.807, 2.05) is 0 Å². The minimum absolute atomic E-state index is 0.131. The molecule has 0 N–H and O–H groups in total. The highest BCUT2D eigenvalue weighted by Crippen LogP contribution is 2.09. The Kier molecular flexibility index (Phi) is 4.59. The Morgan fingerprint density at radius 1 is 1.06 bits per heavy atom. The van der Waals surface area contributed by atoms with Crippen LogP contribution in [-0.4, -0.2) is 25.0 Å². The van der Waals surface area contributed by atoms with Gasteiger partial charge < -0.3 is 9.47 Å². The molecule has 0 aliphatic heterocycles. The smallest absolute Gasteiger partial charge is 0.345 e. The minimum Gasteiger partial charge on any atom is -0.465 e. The van der Waals surface area contributed by atoms with Crippen molar-refractivity contribution in [3.05, 3.63) is 35.4 Å². The SMILES string of the molecule is COC(=O)c1cccc(C(=O)OC(=O)C(C)C)c1. The van der Waals surface area contributed by atoms with Gasteiger partial charge in [0.2, 0.25) is 0 Å².